The van der Waals surface area contributed by atoms with E-state index in [4.69, 9.17) is 10.00 Å². The molecule has 1 aliphatic rings. The molecule has 0 aromatic heterocycles. The van der Waals surface area contributed by atoms with Crippen LogP contribution >= 0.6 is 0 Å². The van der Waals surface area contributed by atoms with Gasteiger partial charge in [0.15, 0.2) is 0 Å². The number of methoxy groups -OCH3 is 1. The van der Waals surface area contributed by atoms with E-state index in [1.54, 1.807) is 12.0 Å². The molecule has 0 spiro atoms. The van der Waals surface area contributed by atoms with Gasteiger partial charge in [-0.3, -0.25) is 4.79 Å². The molecule has 84 valence electrons. The number of nitrogens with zero attached hydrogens (tertiary/aromatic N) is 2. The van der Waals surface area contributed by atoms with E-state index in [1.807, 2.05) is 6.92 Å². The van der Waals surface area contributed by atoms with Gasteiger partial charge in [-0.2, -0.15) is 5.26 Å². The van der Waals surface area contributed by atoms with Gasteiger partial charge < -0.3 is 9.64 Å². The van der Waals surface area contributed by atoms with Crippen LogP contribution in [0.15, 0.2) is 0 Å². The molecule has 1 fully saturated rings. The van der Waals surface area contributed by atoms with E-state index < -0.39 is 0 Å². The van der Waals surface area contributed by atoms with Crippen molar-refractivity contribution in [3.63, 3.8) is 0 Å². The predicted molar refractivity (Wildman–Crippen MR) is 56.1 cm³/mol. The summed E-state index contributed by atoms with van der Waals surface area (Å²) >= 11 is 0. The van der Waals surface area contributed by atoms with Gasteiger partial charge in [0.05, 0.1) is 12.2 Å². The summed E-state index contributed by atoms with van der Waals surface area (Å²) < 4.78 is 5.08. The van der Waals surface area contributed by atoms with Crippen LogP contribution in [0.4, 0.5) is 0 Å². The smallest absolute Gasteiger partial charge is 0.223 e. The maximum absolute atomic E-state index is 11.8. The SMILES string of the molecule is COC(C)CCC(=O)N1CCCC1C#N. The molecule has 0 saturated carbocycles. The fraction of sp³-hybridized carbons (Fsp3) is 0.818. The summed E-state index contributed by atoms with van der Waals surface area (Å²) in [5.74, 6) is 0.0861. The van der Waals surface area contributed by atoms with Gasteiger partial charge >= 0.3 is 0 Å². The summed E-state index contributed by atoms with van der Waals surface area (Å²) in [6.07, 6.45) is 3.08. The van der Waals surface area contributed by atoms with Gasteiger partial charge in [0.25, 0.3) is 0 Å². The highest BCUT2D eigenvalue weighted by atomic mass is 16.5. The summed E-state index contributed by atoms with van der Waals surface area (Å²) in [7, 11) is 1.64. The topological polar surface area (TPSA) is 53.3 Å². The highest BCUT2D eigenvalue weighted by Crippen LogP contribution is 2.18. The number of hydrogen-bond acceptors (Lipinski definition) is 3. The summed E-state index contributed by atoms with van der Waals surface area (Å²) in [4.78, 5) is 13.5. The van der Waals surface area contributed by atoms with Crippen LogP contribution < -0.4 is 0 Å². The van der Waals surface area contributed by atoms with Crippen LogP contribution in [-0.2, 0) is 9.53 Å². The quantitative estimate of drug-likeness (QED) is 0.703. The van der Waals surface area contributed by atoms with Gasteiger partial charge in [-0.1, -0.05) is 0 Å². The first-order valence-electron chi connectivity index (χ1n) is 5.41. The number of ether oxygens (including phenoxy) is 1. The lowest BCUT2D eigenvalue weighted by Crippen LogP contribution is -2.34. The van der Waals surface area contributed by atoms with Crippen molar-refractivity contribution in [1.29, 1.82) is 5.26 Å². The van der Waals surface area contributed by atoms with Crippen LogP contribution in [0.5, 0.6) is 0 Å². The van der Waals surface area contributed by atoms with Crippen molar-refractivity contribution in [2.45, 2.75) is 44.8 Å². The van der Waals surface area contributed by atoms with Crippen LogP contribution in [0.1, 0.15) is 32.6 Å². The van der Waals surface area contributed by atoms with Crippen molar-refractivity contribution >= 4 is 5.91 Å². The second kappa shape index (κ2) is 5.72. The Morgan fingerprint density at radius 3 is 3.07 bits per heavy atom. The summed E-state index contributed by atoms with van der Waals surface area (Å²) in [6.45, 7) is 2.68. The van der Waals surface area contributed by atoms with E-state index in [1.165, 1.54) is 0 Å². The highest BCUT2D eigenvalue weighted by molar-refractivity contribution is 5.77. The van der Waals surface area contributed by atoms with Crippen molar-refractivity contribution in [2.75, 3.05) is 13.7 Å². The molecule has 2 unspecified atom stereocenters. The monoisotopic (exact) mass is 210 g/mol. The Morgan fingerprint density at radius 2 is 2.47 bits per heavy atom. The van der Waals surface area contributed by atoms with Gasteiger partial charge in [-0.05, 0) is 26.2 Å². The Bertz CT molecular complexity index is 260. The van der Waals surface area contributed by atoms with E-state index in [-0.39, 0.29) is 18.1 Å². The van der Waals surface area contributed by atoms with E-state index in [9.17, 15) is 4.79 Å². The van der Waals surface area contributed by atoms with Gasteiger partial charge in [-0.15, -0.1) is 0 Å². The average Bonchev–Trinajstić information content (AvgIpc) is 2.73. The molecule has 0 bridgehead atoms. The van der Waals surface area contributed by atoms with Crippen LogP contribution in [0.2, 0.25) is 0 Å². The van der Waals surface area contributed by atoms with Crippen LogP contribution in [0.25, 0.3) is 0 Å². The van der Waals surface area contributed by atoms with Crippen LogP contribution in [0.3, 0.4) is 0 Å². The molecular formula is C11H18N2O2. The van der Waals surface area contributed by atoms with Gasteiger partial charge in [-0.25, -0.2) is 0 Å². The lowest BCUT2D eigenvalue weighted by Gasteiger charge is -2.20. The molecule has 4 heteroatoms. The van der Waals surface area contributed by atoms with E-state index in [0.717, 1.165) is 25.8 Å². The Hall–Kier alpha value is -1.08. The largest absolute Gasteiger partial charge is 0.382 e. The number of hydrogen-bond donors (Lipinski definition) is 0. The number of amides is 1. The number of carbonyl (C=O) groups is 1. The predicted octanol–water partition coefficient (Wildman–Crippen LogP) is 1.32. The second-order valence-electron chi connectivity index (χ2n) is 3.96. The van der Waals surface area contributed by atoms with Gasteiger partial charge in [0.1, 0.15) is 6.04 Å². The van der Waals surface area contributed by atoms with Crippen LogP contribution in [0, 0.1) is 11.3 Å². The first kappa shape index (κ1) is 12.0. The highest BCUT2D eigenvalue weighted by Gasteiger charge is 2.28. The molecule has 0 aliphatic carbocycles. The maximum atomic E-state index is 11.8. The zero-order chi connectivity index (χ0) is 11.3. The maximum Gasteiger partial charge on any atom is 0.223 e. The molecule has 0 aromatic rings. The molecule has 1 heterocycles. The van der Waals surface area contributed by atoms with E-state index in [2.05, 4.69) is 6.07 Å². The molecule has 0 aromatic carbocycles. The van der Waals surface area contributed by atoms with Crippen molar-refractivity contribution in [3.05, 3.63) is 0 Å². The van der Waals surface area contributed by atoms with Crippen LogP contribution in [-0.4, -0.2) is 36.6 Å². The number of rotatable bonds is 4. The van der Waals surface area contributed by atoms with Crippen molar-refractivity contribution in [1.82, 2.24) is 4.90 Å². The number of carbonyl (C=O) groups excluding carboxylic acids is 1. The summed E-state index contributed by atoms with van der Waals surface area (Å²) in [5.41, 5.74) is 0. The van der Waals surface area contributed by atoms with Gasteiger partial charge in [0.2, 0.25) is 5.91 Å². The van der Waals surface area contributed by atoms with Crippen molar-refractivity contribution < 1.29 is 9.53 Å². The molecule has 0 radical (unpaired) electrons. The number of nitriles is 1. The fourth-order valence-electron chi connectivity index (χ4n) is 1.79. The molecular weight excluding hydrogens is 192 g/mol. The molecule has 2 atom stereocenters. The second-order valence-corrected chi connectivity index (χ2v) is 3.96. The average molecular weight is 210 g/mol. The minimum atomic E-state index is -0.199. The first-order chi connectivity index (χ1) is 7.19. The third-order valence-electron chi connectivity index (χ3n) is 2.89. The summed E-state index contributed by atoms with van der Waals surface area (Å²) in [5, 5.41) is 8.84. The normalized spacial score (nSPS) is 22.5. The first-order valence-corrected chi connectivity index (χ1v) is 5.41. The molecule has 4 nitrogen and oxygen atoms in total. The molecule has 1 aliphatic heterocycles. The van der Waals surface area contributed by atoms with E-state index >= 15 is 0 Å². The van der Waals surface area contributed by atoms with Crippen molar-refractivity contribution in [3.8, 4) is 6.07 Å². The molecule has 15 heavy (non-hydrogen) atoms. The Balaban J connectivity index is 2.37. The fourth-order valence-corrected chi connectivity index (χ4v) is 1.79. The number of likely N-dealkylation sites (tertiary alicyclic amines) is 1. The Morgan fingerprint density at radius 1 is 1.73 bits per heavy atom. The zero-order valence-corrected chi connectivity index (χ0v) is 9.40. The third-order valence-corrected chi connectivity index (χ3v) is 2.89. The lowest BCUT2D eigenvalue weighted by atomic mass is 10.2. The summed E-state index contributed by atoms with van der Waals surface area (Å²) in [6, 6.07) is 1.97. The molecule has 0 N–H and O–H groups in total. The lowest BCUT2D eigenvalue weighted by molar-refractivity contribution is -0.131. The standard InChI is InChI=1S/C11H18N2O2/c1-9(15-2)5-6-11(14)13-7-3-4-10(13)8-12/h9-10H,3-7H2,1-2H3. The third kappa shape index (κ3) is 3.21. The van der Waals surface area contributed by atoms with E-state index in [0.29, 0.717) is 6.42 Å². The minimum absolute atomic E-state index is 0.0861. The molecule has 1 saturated heterocycles. The molecule has 1 rings (SSSR count). The van der Waals surface area contributed by atoms with Gasteiger partial charge in [0, 0.05) is 20.1 Å². The van der Waals surface area contributed by atoms with Crippen molar-refractivity contribution in [2.24, 2.45) is 0 Å². The molecule has 1 amide bonds. The minimum Gasteiger partial charge on any atom is -0.382 e. The Labute approximate surface area is 90.8 Å². The Kier molecular flexibility index (Phi) is 4.57. The zero-order valence-electron chi connectivity index (χ0n) is 9.40.